The van der Waals surface area contributed by atoms with Crippen LogP contribution >= 0.6 is 0 Å². The Morgan fingerprint density at radius 1 is 0.898 bits per heavy atom. The molecule has 5 saturated carbocycles. The van der Waals surface area contributed by atoms with Crippen LogP contribution in [0.1, 0.15) is 106 Å². The maximum atomic E-state index is 11.0. The minimum atomic E-state index is -0.901. The number of ether oxygens (including phenoxy) is 5. The summed E-state index contributed by atoms with van der Waals surface area (Å²) in [4.78, 5) is 5.06. The quantitative estimate of drug-likeness (QED) is 0.301. The first-order valence-electron chi connectivity index (χ1n) is 20.5. The van der Waals surface area contributed by atoms with E-state index >= 15 is 0 Å². The Hall–Kier alpha value is -0.320. The molecule has 8 aliphatic rings. The fraction of sp³-hybridized carbons (Fsp3) is 1.00. The molecule has 0 aromatic carbocycles. The van der Waals surface area contributed by atoms with Gasteiger partial charge in [-0.25, -0.2) is 0 Å². The van der Waals surface area contributed by atoms with E-state index in [2.05, 4.69) is 37.5 Å². The predicted octanol–water partition coefficient (Wildman–Crippen LogP) is 5.99. The van der Waals surface area contributed by atoms with E-state index in [1.54, 1.807) is 0 Å². The first kappa shape index (κ1) is 35.7. The number of fused-ring (bicyclic) bond motifs is 4. The fourth-order valence-electron chi connectivity index (χ4n) is 14.7. The molecule has 8 heteroatoms. The first-order valence-corrected chi connectivity index (χ1v) is 20.5. The van der Waals surface area contributed by atoms with Crippen LogP contribution in [0.15, 0.2) is 0 Å². The Kier molecular flexibility index (Phi) is 9.20. The molecule has 3 heterocycles. The van der Waals surface area contributed by atoms with E-state index in [1.807, 2.05) is 27.9 Å². The largest absolute Gasteiger partial charge is 0.388 e. The van der Waals surface area contributed by atoms with Gasteiger partial charge < -0.3 is 28.8 Å². The highest BCUT2D eigenvalue weighted by Gasteiger charge is 2.84. The van der Waals surface area contributed by atoms with Crippen LogP contribution in [-0.2, 0) is 23.7 Å². The van der Waals surface area contributed by atoms with Crippen LogP contribution in [0.4, 0.5) is 0 Å². The molecular weight excluding hydrogens is 616 g/mol. The zero-order valence-corrected chi connectivity index (χ0v) is 32.3. The van der Waals surface area contributed by atoms with E-state index in [0.717, 1.165) is 76.0 Å². The fourth-order valence-corrected chi connectivity index (χ4v) is 14.7. The molecule has 8 rings (SSSR count). The maximum absolute atomic E-state index is 11.0. The van der Waals surface area contributed by atoms with E-state index in [1.165, 1.54) is 51.4 Å². The van der Waals surface area contributed by atoms with Gasteiger partial charge in [0.2, 0.25) is 0 Å². The molecule has 0 radical (unpaired) electrons. The van der Waals surface area contributed by atoms with Crippen LogP contribution in [0.3, 0.4) is 0 Å². The molecular formula is C41H70N2O6. The number of hydrogen-bond acceptors (Lipinski definition) is 8. The molecule has 13 atom stereocenters. The summed E-state index contributed by atoms with van der Waals surface area (Å²) in [6.45, 7) is 23.8. The van der Waals surface area contributed by atoms with Crippen molar-refractivity contribution < 1.29 is 28.8 Å². The van der Waals surface area contributed by atoms with Crippen LogP contribution in [0.2, 0.25) is 0 Å². The van der Waals surface area contributed by atoms with Gasteiger partial charge in [0.25, 0.3) is 0 Å². The average Bonchev–Trinajstić information content (AvgIpc) is 3.42. The molecule has 0 bridgehead atoms. The number of rotatable bonds is 10. The SMILES string of the molecule is CCO[C@@H](C1CC[C@H]2C(CC3C4CC[C@H]5C(C)(C)[C@@H](OC6CN(CCN7CC(OC)C7)CCO6)CCC56[C@@H](C)[C@@]46CC[C@@]32C)O1)C(C)(C)O. The lowest BCUT2D eigenvalue weighted by Gasteiger charge is -2.60. The summed E-state index contributed by atoms with van der Waals surface area (Å²) >= 11 is 0. The molecule has 5 aliphatic carbocycles. The van der Waals surface area contributed by atoms with Crippen molar-refractivity contribution in [3.63, 3.8) is 0 Å². The van der Waals surface area contributed by atoms with E-state index in [4.69, 9.17) is 23.7 Å². The van der Waals surface area contributed by atoms with Crippen LogP contribution in [0.5, 0.6) is 0 Å². The topological polar surface area (TPSA) is 72.9 Å². The molecule has 49 heavy (non-hydrogen) atoms. The number of morpholine rings is 1. The Bertz CT molecular complexity index is 1200. The third-order valence-corrected chi connectivity index (χ3v) is 17.0. The van der Waals surface area contributed by atoms with Gasteiger partial charge >= 0.3 is 0 Å². The normalized spacial score (nSPS) is 48.8. The summed E-state index contributed by atoms with van der Waals surface area (Å²) in [7, 11) is 1.82. The Morgan fingerprint density at radius 2 is 1.65 bits per heavy atom. The van der Waals surface area contributed by atoms with Crippen LogP contribution < -0.4 is 0 Å². The molecule has 0 amide bonds. The lowest BCUT2D eigenvalue weighted by molar-refractivity contribution is -0.245. The Morgan fingerprint density at radius 3 is 2.39 bits per heavy atom. The van der Waals surface area contributed by atoms with Gasteiger partial charge in [-0.2, -0.15) is 0 Å². The number of methoxy groups -OCH3 is 1. The van der Waals surface area contributed by atoms with Crippen LogP contribution in [0, 0.1) is 51.2 Å². The van der Waals surface area contributed by atoms with Crippen molar-refractivity contribution in [2.75, 3.05) is 59.6 Å². The van der Waals surface area contributed by atoms with E-state index < -0.39 is 5.60 Å². The third-order valence-electron chi connectivity index (χ3n) is 17.0. The predicted molar refractivity (Wildman–Crippen MR) is 190 cm³/mol. The van der Waals surface area contributed by atoms with E-state index in [-0.39, 0.29) is 30.0 Å². The number of aliphatic hydroxyl groups is 1. The second-order valence-electron chi connectivity index (χ2n) is 19.5. The van der Waals surface area contributed by atoms with Gasteiger partial charge in [-0.05, 0) is 130 Å². The van der Waals surface area contributed by atoms with Gasteiger partial charge in [0.15, 0.2) is 6.29 Å². The monoisotopic (exact) mass is 687 g/mol. The Balaban J connectivity index is 0.932. The van der Waals surface area contributed by atoms with Crippen molar-refractivity contribution >= 4 is 0 Å². The molecule has 1 N–H and O–H groups in total. The van der Waals surface area contributed by atoms with Crippen molar-refractivity contribution in [3.8, 4) is 0 Å². The van der Waals surface area contributed by atoms with Crippen molar-refractivity contribution in [1.29, 1.82) is 0 Å². The van der Waals surface area contributed by atoms with Gasteiger partial charge in [0, 0.05) is 53.0 Å². The van der Waals surface area contributed by atoms with Crippen molar-refractivity contribution in [3.05, 3.63) is 0 Å². The average molecular weight is 687 g/mol. The zero-order valence-electron chi connectivity index (χ0n) is 32.3. The smallest absolute Gasteiger partial charge is 0.170 e. The van der Waals surface area contributed by atoms with E-state index in [9.17, 15) is 5.11 Å². The van der Waals surface area contributed by atoms with Gasteiger partial charge in [-0.15, -0.1) is 0 Å². The van der Waals surface area contributed by atoms with Gasteiger partial charge in [0.05, 0.1) is 36.6 Å². The first-order chi connectivity index (χ1) is 23.3. The summed E-state index contributed by atoms with van der Waals surface area (Å²) < 4.78 is 31.9. The summed E-state index contributed by atoms with van der Waals surface area (Å²) in [5.74, 6) is 3.73. The lowest BCUT2D eigenvalue weighted by atomic mass is 9.46. The third kappa shape index (κ3) is 5.40. The molecule has 280 valence electrons. The molecule has 6 unspecified atom stereocenters. The summed E-state index contributed by atoms with van der Waals surface area (Å²) in [5.41, 5.74) is 0.578. The lowest BCUT2D eigenvalue weighted by Crippen LogP contribution is -2.57. The maximum Gasteiger partial charge on any atom is 0.170 e. The number of likely N-dealkylation sites (tertiary alicyclic amines) is 1. The molecule has 8 fully saturated rings. The second kappa shape index (κ2) is 12.6. The van der Waals surface area contributed by atoms with Crippen LogP contribution in [0.25, 0.3) is 0 Å². The molecule has 8 nitrogen and oxygen atoms in total. The molecule has 0 aromatic rings. The van der Waals surface area contributed by atoms with Crippen molar-refractivity contribution in [1.82, 2.24) is 9.80 Å². The summed E-state index contributed by atoms with van der Waals surface area (Å²) in [5, 5.41) is 11.0. The van der Waals surface area contributed by atoms with Crippen molar-refractivity contribution in [2.24, 2.45) is 51.2 Å². The minimum absolute atomic E-state index is 0.0127. The standard InChI is InChI=1S/C41H70N2O6/c1-9-46-36(38(5,6)44)31-12-10-29-32(48-31)22-30-28-11-13-33-37(3,4)34(14-15-41(33)26(2)40(28,41)17-16-39(29,30)7)49-35-25-42(20-21-47-35)18-19-43-23-27(24-43)45-8/h26-36,44H,9-25H2,1-8H3/t26-,28?,29-,30?,31?,32?,33-,34-,35?,36-,39+,40-,41?/m0/s1. The summed E-state index contributed by atoms with van der Waals surface area (Å²) in [6, 6.07) is 0. The highest BCUT2D eigenvalue weighted by atomic mass is 16.7. The Labute approximate surface area is 297 Å². The highest BCUT2D eigenvalue weighted by molar-refractivity contribution is 5.32. The van der Waals surface area contributed by atoms with Gasteiger partial charge in [0.1, 0.15) is 6.10 Å². The second-order valence-corrected chi connectivity index (χ2v) is 19.5. The van der Waals surface area contributed by atoms with Crippen molar-refractivity contribution in [2.45, 2.75) is 149 Å². The van der Waals surface area contributed by atoms with E-state index in [0.29, 0.717) is 41.0 Å². The van der Waals surface area contributed by atoms with Gasteiger partial charge in [-0.1, -0.05) is 27.7 Å². The minimum Gasteiger partial charge on any atom is -0.388 e. The number of hydrogen-bond donors (Lipinski definition) is 1. The number of nitrogens with zero attached hydrogens (tertiary/aromatic N) is 2. The molecule has 3 saturated heterocycles. The summed E-state index contributed by atoms with van der Waals surface area (Å²) in [6.07, 6.45) is 12.0. The molecule has 2 spiro atoms. The van der Waals surface area contributed by atoms with Crippen LogP contribution in [-0.4, -0.2) is 117 Å². The molecule has 0 aromatic heterocycles. The van der Waals surface area contributed by atoms with Gasteiger partial charge in [-0.3, -0.25) is 9.80 Å². The highest BCUT2D eigenvalue weighted by Crippen LogP contribution is 2.89. The molecule has 3 aliphatic heterocycles. The zero-order chi connectivity index (χ0) is 34.6.